The zero-order valence-electron chi connectivity index (χ0n) is 14.0. The molecule has 7 heteroatoms. The standard InChI is InChI=1S/C17H22ClN3O3/c1-13(22)19-7-9-20(10-8-19)17(24)12-21(14(2)23)11-15-3-5-16(18)6-4-15/h3-6H,7-12H2,1-2H3. The van der Waals surface area contributed by atoms with Gasteiger partial charge in [0.25, 0.3) is 0 Å². The van der Waals surface area contributed by atoms with E-state index in [4.69, 9.17) is 11.6 Å². The van der Waals surface area contributed by atoms with Gasteiger partial charge >= 0.3 is 0 Å². The summed E-state index contributed by atoms with van der Waals surface area (Å²) in [7, 11) is 0. The highest BCUT2D eigenvalue weighted by molar-refractivity contribution is 6.30. The fourth-order valence-electron chi connectivity index (χ4n) is 2.62. The van der Waals surface area contributed by atoms with Crippen molar-refractivity contribution in [3.63, 3.8) is 0 Å². The van der Waals surface area contributed by atoms with Gasteiger partial charge in [-0.15, -0.1) is 0 Å². The van der Waals surface area contributed by atoms with Gasteiger partial charge in [0, 0.05) is 51.6 Å². The van der Waals surface area contributed by atoms with Gasteiger partial charge in [-0.1, -0.05) is 23.7 Å². The Labute approximate surface area is 147 Å². The maximum Gasteiger partial charge on any atom is 0.242 e. The molecule has 24 heavy (non-hydrogen) atoms. The molecule has 1 heterocycles. The molecule has 1 aliphatic rings. The molecule has 2 rings (SSSR count). The minimum atomic E-state index is -0.152. The van der Waals surface area contributed by atoms with Gasteiger partial charge in [-0.3, -0.25) is 14.4 Å². The molecular weight excluding hydrogens is 330 g/mol. The highest BCUT2D eigenvalue weighted by Gasteiger charge is 2.24. The quantitative estimate of drug-likeness (QED) is 0.823. The molecule has 0 aliphatic carbocycles. The van der Waals surface area contributed by atoms with E-state index in [1.807, 2.05) is 12.1 Å². The molecule has 0 N–H and O–H groups in total. The number of amides is 3. The van der Waals surface area contributed by atoms with Crippen LogP contribution in [0.15, 0.2) is 24.3 Å². The summed E-state index contributed by atoms with van der Waals surface area (Å²) in [6, 6.07) is 7.21. The normalized spacial score (nSPS) is 14.5. The van der Waals surface area contributed by atoms with Crippen LogP contribution in [0.2, 0.25) is 5.02 Å². The second kappa shape index (κ2) is 8.15. The van der Waals surface area contributed by atoms with Crippen molar-refractivity contribution in [2.45, 2.75) is 20.4 Å². The predicted octanol–water partition coefficient (Wildman–Crippen LogP) is 1.38. The zero-order valence-corrected chi connectivity index (χ0v) is 14.8. The van der Waals surface area contributed by atoms with Gasteiger partial charge < -0.3 is 14.7 Å². The summed E-state index contributed by atoms with van der Waals surface area (Å²) in [5.41, 5.74) is 0.920. The Morgan fingerprint density at radius 2 is 1.54 bits per heavy atom. The van der Waals surface area contributed by atoms with Crippen LogP contribution in [0.5, 0.6) is 0 Å². The summed E-state index contributed by atoms with van der Waals surface area (Å²) < 4.78 is 0. The Morgan fingerprint density at radius 3 is 2.04 bits per heavy atom. The number of hydrogen-bond donors (Lipinski definition) is 0. The molecule has 1 aliphatic heterocycles. The van der Waals surface area contributed by atoms with E-state index in [0.717, 1.165) is 5.56 Å². The van der Waals surface area contributed by atoms with Crippen molar-refractivity contribution < 1.29 is 14.4 Å². The molecule has 0 saturated carbocycles. The first-order valence-electron chi connectivity index (χ1n) is 7.90. The van der Waals surface area contributed by atoms with E-state index >= 15 is 0 Å². The lowest BCUT2D eigenvalue weighted by Gasteiger charge is -2.35. The number of nitrogens with zero attached hydrogens (tertiary/aromatic N) is 3. The predicted molar refractivity (Wildman–Crippen MR) is 91.4 cm³/mol. The maximum atomic E-state index is 12.4. The van der Waals surface area contributed by atoms with E-state index in [1.54, 1.807) is 21.9 Å². The number of benzene rings is 1. The van der Waals surface area contributed by atoms with Crippen molar-refractivity contribution in [1.82, 2.24) is 14.7 Å². The molecule has 0 spiro atoms. The highest BCUT2D eigenvalue weighted by atomic mass is 35.5. The van der Waals surface area contributed by atoms with E-state index < -0.39 is 0 Å². The summed E-state index contributed by atoms with van der Waals surface area (Å²) >= 11 is 5.86. The van der Waals surface area contributed by atoms with E-state index in [2.05, 4.69) is 0 Å². The first kappa shape index (κ1) is 18.3. The number of piperazine rings is 1. The smallest absolute Gasteiger partial charge is 0.242 e. The molecule has 0 radical (unpaired) electrons. The first-order valence-corrected chi connectivity index (χ1v) is 8.28. The van der Waals surface area contributed by atoms with Crippen LogP contribution < -0.4 is 0 Å². The Bertz CT molecular complexity index is 610. The van der Waals surface area contributed by atoms with E-state index in [0.29, 0.717) is 37.7 Å². The molecule has 0 atom stereocenters. The number of halogens is 1. The third-order valence-corrected chi connectivity index (χ3v) is 4.39. The van der Waals surface area contributed by atoms with Gasteiger partial charge in [-0.2, -0.15) is 0 Å². The van der Waals surface area contributed by atoms with E-state index in [9.17, 15) is 14.4 Å². The van der Waals surface area contributed by atoms with Crippen molar-refractivity contribution in [3.8, 4) is 0 Å². The van der Waals surface area contributed by atoms with Gasteiger partial charge in [-0.25, -0.2) is 0 Å². The minimum Gasteiger partial charge on any atom is -0.339 e. The largest absolute Gasteiger partial charge is 0.339 e. The third-order valence-electron chi connectivity index (χ3n) is 4.14. The summed E-state index contributed by atoms with van der Waals surface area (Å²) in [5, 5.41) is 0.632. The van der Waals surface area contributed by atoms with Crippen molar-refractivity contribution in [3.05, 3.63) is 34.9 Å². The maximum absolute atomic E-state index is 12.4. The van der Waals surface area contributed by atoms with Crippen molar-refractivity contribution in [2.75, 3.05) is 32.7 Å². The van der Waals surface area contributed by atoms with Gasteiger partial charge in [-0.05, 0) is 17.7 Å². The average molecular weight is 352 g/mol. The van der Waals surface area contributed by atoms with Crippen LogP contribution in [0.3, 0.4) is 0 Å². The number of carbonyl (C=O) groups excluding carboxylic acids is 3. The molecule has 1 fully saturated rings. The second-order valence-electron chi connectivity index (χ2n) is 5.89. The molecule has 0 unspecified atom stereocenters. The lowest BCUT2D eigenvalue weighted by Crippen LogP contribution is -2.52. The average Bonchev–Trinajstić information content (AvgIpc) is 2.56. The zero-order chi connectivity index (χ0) is 17.7. The van der Waals surface area contributed by atoms with Crippen LogP contribution in [0.1, 0.15) is 19.4 Å². The lowest BCUT2D eigenvalue weighted by atomic mass is 10.2. The fourth-order valence-corrected chi connectivity index (χ4v) is 2.75. The fraction of sp³-hybridized carbons (Fsp3) is 0.471. The van der Waals surface area contributed by atoms with Crippen LogP contribution in [0.25, 0.3) is 0 Å². The molecule has 1 aromatic rings. The van der Waals surface area contributed by atoms with Gasteiger partial charge in [0.2, 0.25) is 17.7 Å². The van der Waals surface area contributed by atoms with E-state index in [-0.39, 0.29) is 24.3 Å². The van der Waals surface area contributed by atoms with Crippen LogP contribution >= 0.6 is 11.6 Å². The minimum absolute atomic E-state index is 0.0233. The lowest BCUT2D eigenvalue weighted by molar-refractivity contribution is -0.142. The number of rotatable bonds is 4. The Balaban J connectivity index is 1.93. The Hall–Kier alpha value is -2.08. The first-order chi connectivity index (χ1) is 11.4. The van der Waals surface area contributed by atoms with Gasteiger partial charge in [0.1, 0.15) is 6.54 Å². The molecule has 6 nitrogen and oxygen atoms in total. The van der Waals surface area contributed by atoms with Gasteiger partial charge in [0.15, 0.2) is 0 Å². The number of hydrogen-bond acceptors (Lipinski definition) is 3. The van der Waals surface area contributed by atoms with Crippen molar-refractivity contribution >= 4 is 29.3 Å². The Kier molecular flexibility index (Phi) is 6.20. The monoisotopic (exact) mass is 351 g/mol. The van der Waals surface area contributed by atoms with Crippen LogP contribution in [-0.2, 0) is 20.9 Å². The molecular formula is C17H22ClN3O3. The molecule has 3 amide bonds. The topological polar surface area (TPSA) is 60.9 Å². The summed E-state index contributed by atoms with van der Waals surface area (Å²) in [6.45, 7) is 5.48. The number of carbonyl (C=O) groups is 3. The molecule has 1 saturated heterocycles. The van der Waals surface area contributed by atoms with Crippen LogP contribution in [-0.4, -0.2) is 65.1 Å². The van der Waals surface area contributed by atoms with Gasteiger partial charge in [0.05, 0.1) is 0 Å². The summed E-state index contributed by atoms with van der Waals surface area (Å²) in [4.78, 5) is 40.6. The second-order valence-corrected chi connectivity index (χ2v) is 6.32. The SMILES string of the molecule is CC(=O)N1CCN(C(=O)CN(Cc2ccc(Cl)cc2)C(C)=O)CC1. The summed E-state index contributed by atoms with van der Waals surface area (Å²) in [6.07, 6.45) is 0. The van der Waals surface area contributed by atoms with E-state index in [1.165, 1.54) is 18.7 Å². The third kappa shape index (κ3) is 4.96. The van der Waals surface area contributed by atoms with Crippen LogP contribution in [0, 0.1) is 0 Å². The molecule has 0 aromatic heterocycles. The summed E-state index contributed by atoms with van der Waals surface area (Å²) in [5.74, 6) is -0.224. The van der Waals surface area contributed by atoms with Crippen molar-refractivity contribution in [2.24, 2.45) is 0 Å². The highest BCUT2D eigenvalue weighted by Crippen LogP contribution is 2.12. The molecule has 130 valence electrons. The molecule has 0 bridgehead atoms. The van der Waals surface area contributed by atoms with Crippen molar-refractivity contribution in [1.29, 1.82) is 0 Å². The Morgan fingerprint density at radius 1 is 1.00 bits per heavy atom. The molecule has 1 aromatic carbocycles. The van der Waals surface area contributed by atoms with Crippen LogP contribution in [0.4, 0.5) is 0 Å².